The number of carbonyl (C=O) groups excluding carboxylic acids is 1. The van der Waals surface area contributed by atoms with E-state index in [1.54, 1.807) is 6.92 Å². The molecule has 0 unspecified atom stereocenters. The van der Waals surface area contributed by atoms with Crippen LogP contribution in [0.3, 0.4) is 0 Å². The van der Waals surface area contributed by atoms with E-state index < -0.39 is 12.5 Å². The molecule has 3 heterocycles. The summed E-state index contributed by atoms with van der Waals surface area (Å²) in [5.74, 6) is -0.525. The minimum absolute atomic E-state index is 0.192. The van der Waals surface area contributed by atoms with Crippen LogP contribution in [0.25, 0.3) is 0 Å². The molecule has 182 valence electrons. The normalized spacial score (nSPS) is 21.7. The number of fused-ring (bicyclic) bond motifs is 1. The number of hydrogen-bond donors (Lipinski definition) is 0. The Bertz CT molecular complexity index is 935. The Morgan fingerprint density at radius 1 is 1.24 bits per heavy atom. The summed E-state index contributed by atoms with van der Waals surface area (Å²) in [4.78, 5) is 24.4. The lowest BCUT2D eigenvalue weighted by Crippen LogP contribution is -2.32. The van der Waals surface area contributed by atoms with Gasteiger partial charge >= 0.3 is 0 Å². The van der Waals surface area contributed by atoms with Crippen molar-refractivity contribution in [1.29, 1.82) is 0 Å². The molecular formula is C23H32F2N4O3S. The predicted molar refractivity (Wildman–Crippen MR) is 120 cm³/mol. The minimum atomic E-state index is -2.85. The zero-order chi connectivity index (χ0) is 23.4. The van der Waals surface area contributed by atoms with Gasteiger partial charge in [-0.05, 0) is 44.1 Å². The topological polar surface area (TPSA) is 81.4 Å². The van der Waals surface area contributed by atoms with Crippen molar-refractivity contribution in [3.05, 3.63) is 22.3 Å². The molecule has 2 aliphatic rings. The molecule has 1 fully saturated rings. The second-order valence-corrected chi connectivity index (χ2v) is 10.6. The molecule has 0 atom stereocenters. The third-order valence-corrected chi connectivity index (χ3v) is 7.57. The quantitative estimate of drug-likeness (QED) is 0.489. The monoisotopic (exact) mass is 482 g/mol. The predicted octanol–water partition coefficient (Wildman–Crippen LogP) is 4.63. The molecule has 0 radical (unpaired) electrons. The Morgan fingerprint density at radius 2 is 2.00 bits per heavy atom. The Hall–Kier alpha value is -1.94. The van der Waals surface area contributed by atoms with E-state index in [2.05, 4.69) is 20.0 Å². The third kappa shape index (κ3) is 7.27. The first-order chi connectivity index (χ1) is 15.7. The second-order valence-electron chi connectivity index (χ2n) is 9.56. The lowest BCUT2D eigenvalue weighted by molar-refractivity contribution is -0.119. The zero-order valence-corrected chi connectivity index (χ0v) is 20.1. The van der Waals surface area contributed by atoms with Crippen LogP contribution in [0.2, 0.25) is 0 Å². The first kappa shape index (κ1) is 24.2. The lowest BCUT2D eigenvalue weighted by atomic mass is 9.78. The number of aromatic nitrogens is 3. The summed E-state index contributed by atoms with van der Waals surface area (Å²) >= 11 is 1.40. The summed E-state index contributed by atoms with van der Waals surface area (Å²) < 4.78 is 36.2. The highest BCUT2D eigenvalue weighted by Crippen LogP contribution is 2.34. The molecular weight excluding hydrogens is 450 g/mol. The number of halogens is 2. The van der Waals surface area contributed by atoms with Crippen LogP contribution < -0.4 is 4.74 Å². The molecule has 2 aromatic heterocycles. The molecule has 4 rings (SSSR count). The molecule has 1 aliphatic heterocycles. The Labute approximate surface area is 196 Å². The molecule has 0 aromatic carbocycles. The van der Waals surface area contributed by atoms with E-state index in [1.807, 2.05) is 0 Å². The average molecular weight is 483 g/mol. The van der Waals surface area contributed by atoms with Gasteiger partial charge in [0, 0.05) is 38.2 Å². The average Bonchev–Trinajstić information content (AvgIpc) is 3.36. The van der Waals surface area contributed by atoms with E-state index in [4.69, 9.17) is 9.26 Å². The van der Waals surface area contributed by atoms with Gasteiger partial charge < -0.3 is 9.26 Å². The van der Waals surface area contributed by atoms with Crippen LogP contribution >= 0.6 is 11.3 Å². The van der Waals surface area contributed by atoms with E-state index in [0.717, 1.165) is 75.7 Å². The number of hydrogen-bond acceptors (Lipinski definition) is 8. The van der Waals surface area contributed by atoms with E-state index in [1.165, 1.54) is 11.3 Å². The van der Waals surface area contributed by atoms with Crippen molar-refractivity contribution in [2.75, 3.05) is 19.7 Å². The van der Waals surface area contributed by atoms with Crippen LogP contribution in [0.4, 0.5) is 8.78 Å². The maximum Gasteiger partial charge on any atom is 0.278 e. The summed E-state index contributed by atoms with van der Waals surface area (Å²) in [6.45, 7) is 4.70. The van der Waals surface area contributed by atoms with Gasteiger partial charge in [-0.1, -0.05) is 29.3 Å². The third-order valence-electron chi connectivity index (χ3n) is 6.50. The summed E-state index contributed by atoms with van der Waals surface area (Å²) in [6, 6.07) is 0. The Balaban J connectivity index is 1.15. The number of rotatable bonds is 10. The zero-order valence-electron chi connectivity index (χ0n) is 19.3. The number of ether oxygens (including phenoxy) is 1. The number of alkyl halides is 2. The van der Waals surface area contributed by atoms with E-state index in [-0.39, 0.29) is 12.2 Å². The number of carbonyl (C=O) groups is 1. The first-order valence-electron chi connectivity index (χ1n) is 11.8. The van der Waals surface area contributed by atoms with Crippen molar-refractivity contribution in [3.63, 3.8) is 0 Å². The highest BCUT2D eigenvalue weighted by molar-refractivity contribution is 7.13. The van der Waals surface area contributed by atoms with Crippen molar-refractivity contribution in [2.24, 2.45) is 11.8 Å². The molecule has 7 nitrogen and oxygen atoms in total. The number of ketones is 1. The molecule has 1 aliphatic carbocycles. The Kier molecular flexibility index (Phi) is 7.73. The van der Waals surface area contributed by atoms with E-state index >= 15 is 0 Å². The summed E-state index contributed by atoms with van der Waals surface area (Å²) in [7, 11) is 0. The largest absolute Gasteiger partial charge is 0.464 e. The van der Waals surface area contributed by atoms with Crippen molar-refractivity contribution < 1.29 is 22.8 Å². The van der Waals surface area contributed by atoms with Crippen molar-refractivity contribution in [1.82, 2.24) is 20.0 Å². The van der Waals surface area contributed by atoms with Crippen molar-refractivity contribution in [3.8, 4) is 5.19 Å². The van der Waals surface area contributed by atoms with Crippen LogP contribution in [0.5, 0.6) is 5.19 Å². The van der Waals surface area contributed by atoms with Gasteiger partial charge in [0.25, 0.3) is 11.1 Å². The van der Waals surface area contributed by atoms with E-state index in [9.17, 15) is 13.6 Å². The summed E-state index contributed by atoms with van der Waals surface area (Å²) in [5, 5.41) is 4.16. The maximum atomic E-state index is 13.0. The van der Waals surface area contributed by atoms with Gasteiger partial charge in [-0.2, -0.15) is 4.98 Å². The number of nitrogens with zero attached hydrogens (tertiary/aromatic N) is 4. The van der Waals surface area contributed by atoms with Crippen molar-refractivity contribution >= 4 is 17.1 Å². The highest BCUT2D eigenvalue weighted by atomic mass is 32.1. The van der Waals surface area contributed by atoms with Crippen LogP contribution in [-0.4, -0.2) is 51.4 Å². The minimum Gasteiger partial charge on any atom is -0.464 e. The van der Waals surface area contributed by atoms with Crippen LogP contribution in [-0.2, 0) is 24.2 Å². The Morgan fingerprint density at radius 3 is 2.70 bits per heavy atom. The van der Waals surface area contributed by atoms with Gasteiger partial charge in [-0.3, -0.25) is 9.69 Å². The molecule has 0 spiro atoms. The molecule has 0 saturated heterocycles. The molecule has 10 heteroatoms. The standard InChI is InChI=1S/C23H32F2N4O3S/c1-15-26-21(28-32-15)12-18(30)11-17-5-3-16(4-6-17)7-9-29-10-8-20-19(13-29)27-22(33-20)31-14-23(2,24)25/h16-17H,3-14H2,1-2H3. The summed E-state index contributed by atoms with van der Waals surface area (Å²) in [5.41, 5.74) is 0.972. The molecule has 1 saturated carbocycles. The van der Waals surface area contributed by atoms with Crippen LogP contribution in [0.1, 0.15) is 67.7 Å². The maximum absolute atomic E-state index is 13.0. The number of Topliss-reactive ketones (excluding diaryl/α,β-unsaturated/α-hetero) is 1. The fraction of sp³-hybridized carbons (Fsp3) is 0.739. The van der Waals surface area contributed by atoms with Crippen molar-refractivity contribution in [2.45, 2.75) is 77.7 Å². The van der Waals surface area contributed by atoms with Gasteiger partial charge in [0.1, 0.15) is 5.78 Å². The molecule has 33 heavy (non-hydrogen) atoms. The molecule has 0 bridgehead atoms. The van der Waals surface area contributed by atoms with Crippen LogP contribution in [0.15, 0.2) is 4.52 Å². The summed E-state index contributed by atoms with van der Waals surface area (Å²) in [6.07, 6.45) is 7.44. The van der Waals surface area contributed by atoms with Gasteiger partial charge in [-0.25, -0.2) is 13.8 Å². The number of thiazole rings is 1. The SMILES string of the molecule is Cc1nc(CC(=O)CC2CCC(CCN3CCc4sc(OCC(C)(F)F)nc4C3)CC2)no1. The fourth-order valence-electron chi connectivity index (χ4n) is 4.74. The van der Waals surface area contributed by atoms with Gasteiger partial charge in [0.05, 0.1) is 12.1 Å². The second kappa shape index (κ2) is 10.5. The highest BCUT2D eigenvalue weighted by Gasteiger charge is 2.27. The lowest BCUT2D eigenvalue weighted by Gasteiger charge is -2.31. The molecule has 0 N–H and O–H groups in total. The van der Waals surface area contributed by atoms with Gasteiger partial charge in [-0.15, -0.1) is 0 Å². The van der Waals surface area contributed by atoms with E-state index in [0.29, 0.717) is 35.2 Å². The molecule has 0 amide bonds. The molecule has 2 aromatic rings. The number of aryl methyl sites for hydroxylation is 1. The van der Waals surface area contributed by atoms with Gasteiger partial charge in [0.15, 0.2) is 12.4 Å². The first-order valence-corrected chi connectivity index (χ1v) is 12.6. The smallest absolute Gasteiger partial charge is 0.278 e. The van der Waals surface area contributed by atoms with Gasteiger partial charge in [0.2, 0.25) is 5.89 Å². The fourth-order valence-corrected chi connectivity index (χ4v) is 5.65. The van der Waals surface area contributed by atoms with Crippen LogP contribution in [0, 0.1) is 18.8 Å².